The fourth-order valence-electron chi connectivity index (χ4n) is 3.85. The molecule has 154 valence electrons. The molecule has 0 saturated carbocycles. The van der Waals surface area contributed by atoms with E-state index in [1.165, 1.54) is 10.4 Å². The lowest BCUT2D eigenvalue weighted by molar-refractivity contribution is 0.102. The van der Waals surface area contributed by atoms with Gasteiger partial charge in [-0.25, -0.2) is 4.98 Å². The van der Waals surface area contributed by atoms with E-state index in [9.17, 15) is 4.79 Å². The number of hydrogen-bond acceptors (Lipinski definition) is 6. The quantitative estimate of drug-likeness (QED) is 0.484. The van der Waals surface area contributed by atoms with Crippen LogP contribution < -0.4 is 5.32 Å². The summed E-state index contributed by atoms with van der Waals surface area (Å²) in [6.45, 7) is 7.93. The van der Waals surface area contributed by atoms with Gasteiger partial charge in [-0.1, -0.05) is 19.1 Å². The van der Waals surface area contributed by atoms with Gasteiger partial charge in [0.25, 0.3) is 5.91 Å². The van der Waals surface area contributed by atoms with Crippen LogP contribution in [0.1, 0.15) is 34.8 Å². The summed E-state index contributed by atoms with van der Waals surface area (Å²) in [7, 11) is 0. The normalized spacial score (nSPS) is 14.2. The van der Waals surface area contributed by atoms with E-state index in [1.807, 2.05) is 31.3 Å². The van der Waals surface area contributed by atoms with Gasteiger partial charge in [-0.15, -0.1) is 22.7 Å². The number of amides is 1. The smallest absolute Gasteiger partial charge is 0.276 e. The first kappa shape index (κ1) is 19.4. The number of anilines is 1. The van der Waals surface area contributed by atoms with Gasteiger partial charge in [0.1, 0.15) is 10.0 Å². The van der Waals surface area contributed by atoms with Crippen LogP contribution in [-0.4, -0.2) is 38.7 Å². The van der Waals surface area contributed by atoms with Crippen LogP contribution in [0.15, 0.2) is 36.5 Å². The maximum Gasteiger partial charge on any atom is 0.276 e. The lowest BCUT2D eigenvalue weighted by atomic mass is 10.0. The molecule has 6 nitrogen and oxygen atoms in total. The van der Waals surface area contributed by atoms with Gasteiger partial charge < -0.3 is 5.32 Å². The van der Waals surface area contributed by atoms with Gasteiger partial charge >= 0.3 is 0 Å². The summed E-state index contributed by atoms with van der Waals surface area (Å²) in [4.78, 5) is 21.6. The number of benzene rings is 1. The number of likely N-dealkylation sites (N-methyl/N-ethyl adjacent to an activating group) is 1. The maximum atomic E-state index is 12.9. The van der Waals surface area contributed by atoms with Crippen molar-refractivity contribution in [1.29, 1.82) is 0 Å². The Morgan fingerprint density at radius 3 is 2.80 bits per heavy atom. The summed E-state index contributed by atoms with van der Waals surface area (Å²) in [5.41, 5.74) is 3.87. The third kappa shape index (κ3) is 3.45. The topological polar surface area (TPSA) is 63.1 Å². The van der Waals surface area contributed by atoms with Gasteiger partial charge in [-0.2, -0.15) is 5.10 Å². The van der Waals surface area contributed by atoms with E-state index in [0.717, 1.165) is 58.4 Å². The summed E-state index contributed by atoms with van der Waals surface area (Å²) in [6.07, 6.45) is 2.81. The summed E-state index contributed by atoms with van der Waals surface area (Å²) in [6, 6.07) is 9.97. The van der Waals surface area contributed by atoms with Gasteiger partial charge in [-0.05, 0) is 43.7 Å². The molecule has 30 heavy (non-hydrogen) atoms. The summed E-state index contributed by atoms with van der Waals surface area (Å²) in [5, 5.41) is 9.37. The van der Waals surface area contributed by atoms with Crippen molar-refractivity contribution in [2.75, 3.05) is 18.4 Å². The minimum atomic E-state index is -0.171. The molecule has 0 spiro atoms. The molecule has 1 amide bonds. The number of nitrogens with one attached hydrogen (secondary N) is 1. The number of thiophene rings is 1. The lowest BCUT2D eigenvalue weighted by Gasteiger charge is -2.25. The van der Waals surface area contributed by atoms with Crippen LogP contribution in [0.25, 0.3) is 20.8 Å². The number of aryl methyl sites for hydroxylation is 1. The Morgan fingerprint density at radius 1 is 1.17 bits per heavy atom. The van der Waals surface area contributed by atoms with Crippen LogP contribution in [0.4, 0.5) is 5.00 Å². The first-order chi connectivity index (χ1) is 14.7. The highest BCUT2D eigenvalue weighted by Crippen LogP contribution is 2.45. The molecule has 0 radical (unpaired) electrons. The molecular formula is C22H23N5OS2. The molecule has 1 aliphatic heterocycles. The van der Waals surface area contributed by atoms with Crippen molar-refractivity contribution in [3.05, 3.63) is 52.7 Å². The van der Waals surface area contributed by atoms with E-state index in [4.69, 9.17) is 4.98 Å². The zero-order valence-electron chi connectivity index (χ0n) is 17.0. The molecule has 4 aromatic rings. The zero-order chi connectivity index (χ0) is 20.7. The number of carbonyl (C=O) groups excluding carboxylic acids is 1. The second kappa shape index (κ2) is 7.94. The molecule has 1 N–H and O–H groups in total. The number of carbonyl (C=O) groups is 1. The zero-order valence-corrected chi connectivity index (χ0v) is 18.6. The van der Waals surface area contributed by atoms with Crippen molar-refractivity contribution >= 4 is 43.8 Å². The Kier molecular flexibility index (Phi) is 5.14. The second-order valence-corrected chi connectivity index (χ2v) is 9.46. The number of aromatic nitrogens is 3. The molecule has 8 heteroatoms. The van der Waals surface area contributed by atoms with Crippen LogP contribution >= 0.6 is 22.7 Å². The molecule has 4 heterocycles. The van der Waals surface area contributed by atoms with Crippen molar-refractivity contribution in [3.63, 3.8) is 0 Å². The Bertz CT molecular complexity index is 1190. The number of thiazole rings is 1. The van der Waals surface area contributed by atoms with Crippen LogP contribution in [0.5, 0.6) is 0 Å². The van der Waals surface area contributed by atoms with E-state index in [2.05, 4.69) is 28.3 Å². The van der Waals surface area contributed by atoms with E-state index in [-0.39, 0.29) is 5.91 Å². The third-order valence-corrected chi connectivity index (χ3v) is 7.70. The predicted molar refractivity (Wildman–Crippen MR) is 123 cm³/mol. The first-order valence-corrected chi connectivity index (χ1v) is 11.9. The Morgan fingerprint density at radius 2 is 2.03 bits per heavy atom. The van der Waals surface area contributed by atoms with Gasteiger partial charge in [0.15, 0.2) is 5.69 Å². The van der Waals surface area contributed by atoms with Crippen molar-refractivity contribution in [2.45, 2.75) is 33.4 Å². The fourth-order valence-corrected chi connectivity index (χ4v) is 6.24. The first-order valence-electron chi connectivity index (χ1n) is 10.2. The number of fused-ring (bicyclic) bond motifs is 2. The minimum absolute atomic E-state index is 0.171. The van der Waals surface area contributed by atoms with Crippen molar-refractivity contribution in [3.8, 4) is 10.6 Å². The highest BCUT2D eigenvalue weighted by Gasteiger charge is 2.27. The van der Waals surface area contributed by atoms with E-state index in [1.54, 1.807) is 33.4 Å². The fraction of sp³-hybridized carbons (Fsp3) is 0.318. The number of hydrogen-bond donors (Lipinski definition) is 1. The van der Waals surface area contributed by atoms with Crippen LogP contribution in [-0.2, 0) is 19.5 Å². The highest BCUT2D eigenvalue weighted by molar-refractivity contribution is 7.22. The standard InChI is InChI=1S/C22H23N5OS2/c1-3-26-11-9-14-18(13-26)30-22(24-20(28)16-10-12-27(4-2)25-16)19(14)21-23-15-7-5-6-8-17(15)29-21/h5-8,10,12H,3-4,9,11,13H2,1-2H3,(H,24,28). The summed E-state index contributed by atoms with van der Waals surface area (Å²) >= 11 is 3.37. The predicted octanol–water partition coefficient (Wildman–Crippen LogP) is 4.87. The van der Waals surface area contributed by atoms with Crippen LogP contribution in [0.2, 0.25) is 0 Å². The Balaban J connectivity index is 1.57. The summed E-state index contributed by atoms with van der Waals surface area (Å²) < 4.78 is 2.93. The number of nitrogens with zero attached hydrogens (tertiary/aromatic N) is 4. The Labute approximate surface area is 183 Å². The molecule has 0 saturated heterocycles. The third-order valence-electron chi connectivity index (χ3n) is 5.52. The van der Waals surface area contributed by atoms with E-state index >= 15 is 0 Å². The molecule has 0 bridgehead atoms. The Hall–Kier alpha value is -2.55. The van der Waals surface area contributed by atoms with Gasteiger partial charge in [0.05, 0.1) is 10.2 Å². The van der Waals surface area contributed by atoms with Crippen molar-refractivity contribution in [1.82, 2.24) is 19.7 Å². The molecular weight excluding hydrogens is 414 g/mol. The molecule has 1 aromatic carbocycles. The number of rotatable bonds is 5. The maximum absolute atomic E-state index is 12.9. The molecule has 0 unspecified atom stereocenters. The largest absolute Gasteiger partial charge is 0.312 e. The molecule has 1 aliphatic rings. The summed E-state index contributed by atoms with van der Waals surface area (Å²) in [5.74, 6) is -0.171. The highest BCUT2D eigenvalue weighted by atomic mass is 32.1. The van der Waals surface area contributed by atoms with Crippen LogP contribution in [0, 0.1) is 0 Å². The SMILES string of the molecule is CCN1CCc2c(sc(NC(=O)c3ccn(CC)n3)c2-c2nc3ccccc3s2)C1. The van der Waals surface area contributed by atoms with E-state index in [0.29, 0.717) is 5.69 Å². The molecule has 5 rings (SSSR count). The molecule has 0 fully saturated rings. The van der Waals surface area contributed by atoms with Crippen molar-refractivity contribution in [2.24, 2.45) is 0 Å². The second-order valence-electron chi connectivity index (χ2n) is 7.32. The lowest BCUT2D eigenvalue weighted by Crippen LogP contribution is -2.29. The van der Waals surface area contributed by atoms with Gasteiger partial charge in [-0.3, -0.25) is 14.4 Å². The van der Waals surface area contributed by atoms with Crippen molar-refractivity contribution < 1.29 is 4.79 Å². The average Bonchev–Trinajstić information content (AvgIpc) is 3.48. The molecule has 0 atom stereocenters. The van der Waals surface area contributed by atoms with Gasteiger partial charge in [0, 0.05) is 36.3 Å². The molecule has 0 aliphatic carbocycles. The van der Waals surface area contributed by atoms with E-state index < -0.39 is 0 Å². The molecule has 3 aromatic heterocycles. The minimum Gasteiger partial charge on any atom is -0.312 e. The van der Waals surface area contributed by atoms with Crippen LogP contribution in [0.3, 0.4) is 0 Å². The number of para-hydroxylation sites is 1. The van der Waals surface area contributed by atoms with Gasteiger partial charge in [0.2, 0.25) is 0 Å². The monoisotopic (exact) mass is 437 g/mol. The average molecular weight is 438 g/mol.